The molecule has 0 unspecified atom stereocenters. The highest BCUT2D eigenvalue weighted by atomic mass is 16.5. The van der Waals surface area contributed by atoms with Gasteiger partial charge < -0.3 is 9.68 Å². The van der Waals surface area contributed by atoms with Crippen LogP contribution >= 0.6 is 0 Å². The van der Waals surface area contributed by atoms with Crippen LogP contribution < -0.4 is 4.65 Å². The number of nitrogens with zero attached hydrogens (tertiary/aromatic N) is 1. The van der Waals surface area contributed by atoms with Crippen LogP contribution in [0, 0.1) is 0 Å². The van der Waals surface area contributed by atoms with Gasteiger partial charge in [0.05, 0.1) is 5.56 Å². The van der Waals surface area contributed by atoms with E-state index in [1.165, 1.54) is 6.92 Å². The smallest absolute Gasteiger partial charge is 0.526 e. The molecule has 6 heteroatoms. The summed E-state index contributed by atoms with van der Waals surface area (Å²) >= 11 is 0. The number of Topliss-reactive ketones (excluding diaryl/α,β-unsaturated/α-hetero) is 2. The van der Waals surface area contributed by atoms with E-state index in [2.05, 4.69) is 4.98 Å². The molecule has 31 heavy (non-hydrogen) atoms. The van der Waals surface area contributed by atoms with Crippen molar-refractivity contribution in [1.82, 2.24) is 4.98 Å². The molecule has 0 saturated carbocycles. The average molecular weight is 413 g/mol. The summed E-state index contributed by atoms with van der Waals surface area (Å²) in [7, 11) is -1.12. The predicted octanol–water partition coefficient (Wildman–Crippen LogP) is 4.13. The monoisotopic (exact) mass is 413 g/mol. The minimum Gasteiger partial charge on any atom is -0.535 e. The van der Waals surface area contributed by atoms with Crippen molar-refractivity contribution in [3.8, 4) is 5.75 Å². The molecule has 1 aromatic heterocycles. The molecule has 156 valence electrons. The highest BCUT2D eigenvalue weighted by Crippen LogP contribution is 2.36. The van der Waals surface area contributed by atoms with Crippen molar-refractivity contribution in [2.45, 2.75) is 38.4 Å². The van der Waals surface area contributed by atoms with Crippen molar-refractivity contribution in [3.05, 3.63) is 94.8 Å². The molecule has 1 aliphatic rings. The summed E-state index contributed by atoms with van der Waals surface area (Å²) in [4.78, 5) is 28.9. The lowest BCUT2D eigenvalue weighted by molar-refractivity contribution is 0.0971. The van der Waals surface area contributed by atoms with Crippen LogP contribution in [-0.4, -0.2) is 28.7 Å². The number of aromatic nitrogens is 1. The van der Waals surface area contributed by atoms with Gasteiger partial charge in [0, 0.05) is 30.2 Å². The zero-order chi connectivity index (χ0) is 21.8. The van der Waals surface area contributed by atoms with Gasteiger partial charge in [-0.2, -0.15) is 0 Å². The minimum absolute atomic E-state index is 0.0259. The highest BCUT2D eigenvalue weighted by molar-refractivity contribution is 6.47. The topological polar surface area (TPSA) is 76.5 Å². The van der Waals surface area contributed by atoms with E-state index in [4.69, 9.17) is 4.65 Å². The van der Waals surface area contributed by atoms with Crippen molar-refractivity contribution < 1.29 is 19.3 Å². The molecule has 0 amide bonds. The van der Waals surface area contributed by atoms with Crippen LogP contribution in [0.5, 0.6) is 5.75 Å². The van der Waals surface area contributed by atoms with Crippen molar-refractivity contribution in [3.63, 3.8) is 0 Å². The number of pyridine rings is 1. The fourth-order valence-electron chi connectivity index (χ4n) is 4.03. The van der Waals surface area contributed by atoms with E-state index in [1.807, 2.05) is 48.7 Å². The van der Waals surface area contributed by atoms with Gasteiger partial charge in [-0.15, -0.1) is 0 Å². The lowest BCUT2D eigenvalue weighted by atomic mass is 9.64. The fraction of sp³-hybridized carbons (Fsp3) is 0.240. The number of carbonyl (C=O) groups is 2. The summed E-state index contributed by atoms with van der Waals surface area (Å²) in [5, 5.41) is 10.5. The average Bonchev–Trinajstić information content (AvgIpc) is 2.78. The Morgan fingerprint density at radius 2 is 1.87 bits per heavy atom. The second-order valence-corrected chi connectivity index (χ2v) is 8.01. The maximum Gasteiger partial charge on any atom is 0.526 e. The molecule has 1 N–H and O–H groups in total. The summed E-state index contributed by atoms with van der Waals surface area (Å²) in [6.45, 7) is 1.47. The number of hydrogen-bond donors (Lipinski definition) is 1. The number of fused-ring (bicyclic) bond motifs is 1. The molecule has 1 aliphatic heterocycles. The Hall–Kier alpha value is -3.25. The van der Waals surface area contributed by atoms with Gasteiger partial charge in [0.25, 0.3) is 0 Å². The van der Waals surface area contributed by atoms with E-state index >= 15 is 0 Å². The van der Waals surface area contributed by atoms with E-state index in [0.29, 0.717) is 23.3 Å². The van der Waals surface area contributed by atoms with Gasteiger partial charge in [-0.25, -0.2) is 0 Å². The minimum atomic E-state index is -1.12. The van der Waals surface area contributed by atoms with Crippen molar-refractivity contribution in [1.29, 1.82) is 0 Å². The third kappa shape index (κ3) is 4.92. The van der Waals surface area contributed by atoms with Gasteiger partial charge in [-0.1, -0.05) is 36.4 Å². The highest BCUT2D eigenvalue weighted by Gasteiger charge is 2.37. The first-order valence-electron chi connectivity index (χ1n) is 10.5. The molecule has 0 aliphatic carbocycles. The second kappa shape index (κ2) is 9.27. The number of benzene rings is 2. The fourth-order valence-corrected chi connectivity index (χ4v) is 4.03. The molecular formula is C25H24BNO4. The molecule has 3 aromatic rings. The Labute approximate surface area is 182 Å². The van der Waals surface area contributed by atoms with Crippen LogP contribution in [0.4, 0.5) is 0 Å². The van der Waals surface area contributed by atoms with Gasteiger partial charge >= 0.3 is 7.12 Å². The van der Waals surface area contributed by atoms with E-state index in [0.717, 1.165) is 29.5 Å². The van der Waals surface area contributed by atoms with E-state index in [-0.39, 0.29) is 23.8 Å². The SMILES string of the molecule is CC(=O)c1cccc2c1OB(O)[C@@H](CC(=O)c1cccc(CCc3cccnc3)c1)C2. The molecule has 1 atom stereocenters. The Balaban J connectivity index is 1.44. The summed E-state index contributed by atoms with van der Waals surface area (Å²) < 4.78 is 5.66. The number of para-hydroxylation sites is 1. The maximum atomic E-state index is 12.9. The summed E-state index contributed by atoms with van der Waals surface area (Å²) in [5.41, 5.74) is 4.19. The van der Waals surface area contributed by atoms with Crippen molar-refractivity contribution in [2.75, 3.05) is 0 Å². The van der Waals surface area contributed by atoms with Crippen LogP contribution in [0.3, 0.4) is 0 Å². The summed E-state index contributed by atoms with van der Waals surface area (Å²) in [5.74, 6) is -0.0615. The number of carbonyl (C=O) groups excluding carboxylic acids is 2. The van der Waals surface area contributed by atoms with Crippen molar-refractivity contribution in [2.24, 2.45) is 0 Å². The number of ketones is 2. The van der Waals surface area contributed by atoms with Crippen LogP contribution in [0.15, 0.2) is 67.0 Å². The van der Waals surface area contributed by atoms with Gasteiger partial charge in [0.1, 0.15) is 5.75 Å². The molecule has 0 fully saturated rings. The van der Waals surface area contributed by atoms with Crippen LogP contribution in [0.2, 0.25) is 5.82 Å². The standard InChI is InChI=1S/C25H24BNO4/c1-17(28)23-9-3-8-21-14-22(26(30)31-25(21)23)15-24(29)20-7-2-5-18(13-20)10-11-19-6-4-12-27-16-19/h2-9,12-13,16,22,30H,10-11,14-15H2,1H3/t22-/m1/s1. The van der Waals surface area contributed by atoms with Gasteiger partial charge in [0.15, 0.2) is 11.6 Å². The second-order valence-electron chi connectivity index (χ2n) is 8.01. The van der Waals surface area contributed by atoms with Crippen LogP contribution in [-0.2, 0) is 19.3 Å². The van der Waals surface area contributed by atoms with Crippen LogP contribution in [0.25, 0.3) is 0 Å². The number of rotatable bonds is 7. The first kappa shape index (κ1) is 21.0. The third-order valence-electron chi connectivity index (χ3n) is 5.72. The lowest BCUT2D eigenvalue weighted by Crippen LogP contribution is -2.35. The van der Waals surface area contributed by atoms with Gasteiger partial charge in [-0.3, -0.25) is 14.6 Å². The first-order chi connectivity index (χ1) is 15.0. The molecule has 4 rings (SSSR count). The van der Waals surface area contributed by atoms with Gasteiger partial charge in [0.2, 0.25) is 0 Å². The van der Waals surface area contributed by atoms with E-state index in [1.54, 1.807) is 18.3 Å². The first-order valence-corrected chi connectivity index (χ1v) is 10.5. The predicted molar refractivity (Wildman–Crippen MR) is 120 cm³/mol. The summed E-state index contributed by atoms with van der Waals surface area (Å²) in [6.07, 6.45) is 5.96. The normalized spacial score (nSPS) is 15.2. The Morgan fingerprint density at radius 3 is 2.65 bits per heavy atom. The third-order valence-corrected chi connectivity index (χ3v) is 5.72. The number of aryl methyl sites for hydroxylation is 2. The molecule has 5 nitrogen and oxygen atoms in total. The zero-order valence-electron chi connectivity index (χ0n) is 17.5. The van der Waals surface area contributed by atoms with E-state index < -0.39 is 7.12 Å². The lowest BCUT2D eigenvalue weighted by Gasteiger charge is -2.28. The zero-order valence-corrected chi connectivity index (χ0v) is 17.5. The molecule has 0 spiro atoms. The summed E-state index contributed by atoms with van der Waals surface area (Å²) in [6, 6.07) is 17.0. The molecule has 2 heterocycles. The molecular weight excluding hydrogens is 389 g/mol. The Bertz CT molecular complexity index is 1100. The van der Waals surface area contributed by atoms with Crippen molar-refractivity contribution >= 4 is 18.7 Å². The quantitative estimate of drug-likeness (QED) is 0.466. The molecule has 0 radical (unpaired) electrons. The van der Waals surface area contributed by atoms with Gasteiger partial charge in [-0.05, 0) is 61.1 Å². The largest absolute Gasteiger partial charge is 0.535 e. The maximum absolute atomic E-state index is 12.9. The molecule has 0 saturated heterocycles. The van der Waals surface area contributed by atoms with Crippen LogP contribution in [0.1, 0.15) is 50.8 Å². The number of hydrogen-bond acceptors (Lipinski definition) is 5. The Kier molecular flexibility index (Phi) is 6.28. The van der Waals surface area contributed by atoms with E-state index in [9.17, 15) is 14.6 Å². The molecule has 0 bridgehead atoms. The molecule has 2 aromatic carbocycles. The Morgan fingerprint density at radius 1 is 1.10 bits per heavy atom.